The first-order valence-corrected chi connectivity index (χ1v) is 4.85. The van der Waals surface area contributed by atoms with Crippen LogP contribution in [0.1, 0.15) is 17.4 Å². The molecule has 0 aliphatic heterocycles. The summed E-state index contributed by atoms with van der Waals surface area (Å²) in [6.45, 7) is 3.30. The molecule has 1 rings (SSSR count). The predicted molar refractivity (Wildman–Crippen MR) is 56.8 cm³/mol. The standard InChI is InChI=1S/C10H15N3O2/c1-2-12-10(14)9-7-8(3-5-13-9)15-6-4-11/h3,5,7H,2,4,6,11H2,1H3,(H,12,14). The Hall–Kier alpha value is -1.62. The van der Waals surface area contributed by atoms with Crippen molar-refractivity contribution in [3.8, 4) is 5.75 Å². The molecule has 0 unspecified atom stereocenters. The Morgan fingerprint density at radius 1 is 1.67 bits per heavy atom. The number of rotatable bonds is 5. The molecule has 0 fully saturated rings. The number of nitrogens with two attached hydrogens (primary N) is 1. The number of hydrogen-bond acceptors (Lipinski definition) is 4. The average Bonchev–Trinajstić information content (AvgIpc) is 2.27. The second-order valence-electron chi connectivity index (χ2n) is 2.87. The van der Waals surface area contributed by atoms with E-state index in [4.69, 9.17) is 10.5 Å². The number of pyridine rings is 1. The van der Waals surface area contributed by atoms with Gasteiger partial charge in [-0.05, 0) is 13.0 Å². The minimum Gasteiger partial charge on any atom is -0.492 e. The summed E-state index contributed by atoms with van der Waals surface area (Å²) in [4.78, 5) is 15.4. The number of nitrogens with one attached hydrogen (secondary N) is 1. The lowest BCUT2D eigenvalue weighted by Gasteiger charge is -2.05. The van der Waals surface area contributed by atoms with Crippen molar-refractivity contribution >= 4 is 5.91 Å². The molecular formula is C10H15N3O2. The van der Waals surface area contributed by atoms with Crippen molar-refractivity contribution in [1.29, 1.82) is 0 Å². The van der Waals surface area contributed by atoms with E-state index in [-0.39, 0.29) is 5.91 Å². The fraction of sp³-hybridized carbons (Fsp3) is 0.400. The quantitative estimate of drug-likeness (QED) is 0.724. The summed E-state index contributed by atoms with van der Waals surface area (Å²) in [5.74, 6) is 0.410. The van der Waals surface area contributed by atoms with Crippen LogP contribution in [0.5, 0.6) is 5.75 Å². The lowest BCUT2D eigenvalue weighted by Crippen LogP contribution is -2.23. The normalized spacial score (nSPS) is 9.73. The maximum Gasteiger partial charge on any atom is 0.270 e. The third-order valence-electron chi connectivity index (χ3n) is 1.69. The van der Waals surface area contributed by atoms with Gasteiger partial charge in [0, 0.05) is 25.4 Å². The van der Waals surface area contributed by atoms with Gasteiger partial charge in [0.1, 0.15) is 18.1 Å². The van der Waals surface area contributed by atoms with Crippen LogP contribution in [0.4, 0.5) is 0 Å². The minimum absolute atomic E-state index is 0.198. The lowest BCUT2D eigenvalue weighted by atomic mass is 10.3. The summed E-state index contributed by atoms with van der Waals surface area (Å²) in [5, 5.41) is 2.66. The molecule has 82 valence electrons. The molecule has 1 aromatic rings. The van der Waals surface area contributed by atoms with E-state index in [0.717, 1.165) is 0 Å². The highest BCUT2D eigenvalue weighted by Gasteiger charge is 2.06. The Labute approximate surface area is 88.6 Å². The van der Waals surface area contributed by atoms with E-state index in [9.17, 15) is 4.79 Å². The van der Waals surface area contributed by atoms with Gasteiger partial charge in [-0.3, -0.25) is 9.78 Å². The average molecular weight is 209 g/mol. The van der Waals surface area contributed by atoms with Crippen LogP contribution < -0.4 is 15.8 Å². The number of aromatic nitrogens is 1. The topological polar surface area (TPSA) is 77.2 Å². The molecule has 0 radical (unpaired) electrons. The van der Waals surface area contributed by atoms with Crippen molar-refractivity contribution in [3.05, 3.63) is 24.0 Å². The first-order chi connectivity index (χ1) is 7.27. The number of hydrogen-bond donors (Lipinski definition) is 2. The highest BCUT2D eigenvalue weighted by atomic mass is 16.5. The molecule has 3 N–H and O–H groups in total. The third-order valence-corrected chi connectivity index (χ3v) is 1.69. The smallest absolute Gasteiger partial charge is 0.270 e. The fourth-order valence-corrected chi connectivity index (χ4v) is 1.05. The summed E-state index contributed by atoms with van der Waals surface area (Å²) < 4.78 is 5.28. The third kappa shape index (κ3) is 3.55. The zero-order chi connectivity index (χ0) is 11.1. The highest BCUT2D eigenvalue weighted by Crippen LogP contribution is 2.10. The molecule has 5 heteroatoms. The molecule has 1 aromatic heterocycles. The highest BCUT2D eigenvalue weighted by molar-refractivity contribution is 5.92. The Balaban J connectivity index is 2.69. The van der Waals surface area contributed by atoms with Gasteiger partial charge in [0.2, 0.25) is 0 Å². The van der Waals surface area contributed by atoms with E-state index in [1.807, 2.05) is 6.92 Å². The fourth-order valence-electron chi connectivity index (χ4n) is 1.05. The minimum atomic E-state index is -0.198. The number of amides is 1. The monoisotopic (exact) mass is 209 g/mol. The molecule has 0 aliphatic rings. The molecular weight excluding hydrogens is 194 g/mol. The van der Waals surface area contributed by atoms with Crippen LogP contribution in [-0.2, 0) is 0 Å². The van der Waals surface area contributed by atoms with Crippen LogP contribution in [-0.4, -0.2) is 30.6 Å². The van der Waals surface area contributed by atoms with Gasteiger partial charge in [-0.25, -0.2) is 0 Å². The van der Waals surface area contributed by atoms with Crippen molar-refractivity contribution in [1.82, 2.24) is 10.3 Å². The van der Waals surface area contributed by atoms with Crippen molar-refractivity contribution in [3.63, 3.8) is 0 Å². The molecule has 15 heavy (non-hydrogen) atoms. The van der Waals surface area contributed by atoms with Crippen molar-refractivity contribution in [2.24, 2.45) is 5.73 Å². The van der Waals surface area contributed by atoms with Crippen molar-refractivity contribution in [2.45, 2.75) is 6.92 Å². The largest absolute Gasteiger partial charge is 0.492 e. The Morgan fingerprint density at radius 3 is 3.13 bits per heavy atom. The molecule has 0 bridgehead atoms. The van der Waals surface area contributed by atoms with E-state index < -0.39 is 0 Å². The first kappa shape index (κ1) is 11.5. The molecule has 1 heterocycles. The van der Waals surface area contributed by atoms with Crippen LogP contribution in [0, 0.1) is 0 Å². The van der Waals surface area contributed by atoms with Gasteiger partial charge in [0.05, 0.1) is 0 Å². The van der Waals surface area contributed by atoms with Crippen LogP contribution in [0.25, 0.3) is 0 Å². The summed E-state index contributed by atoms with van der Waals surface area (Å²) in [6.07, 6.45) is 1.54. The lowest BCUT2D eigenvalue weighted by molar-refractivity contribution is 0.0950. The summed E-state index contributed by atoms with van der Waals surface area (Å²) in [6, 6.07) is 3.29. The number of carbonyl (C=O) groups excluding carboxylic acids is 1. The second-order valence-corrected chi connectivity index (χ2v) is 2.87. The van der Waals surface area contributed by atoms with Gasteiger partial charge >= 0.3 is 0 Å². The van der Waals surface area contributed by atoms with Gasteiger partial charge in [-0.2, -0.15) is 0 Å². The Bertz CT molecular complexity index is 328. The number of carbonyl (C=O) groups is 1. The molecule has 1 amide bonds. The van der Waals surface area contributed by atoms with Gasteiger partial charge in [-0.1, -0.05) is 0 Å². The van der Waals surface area contributed by atoms with Crippen molar-refractivity contribution < 1.29 is 9.53 Å². The van der Waals surface area contributed by atoms with Crippen molar-refractivity contribution in [2.75, 3.05) is 19.7 Å². The van der Waals surface area contributed by atoms with Gasteiger partial charge in [0.15, 0.2) is 0 Å². The summed E-state index contributed by atoms with van der Waals surface area (Å²) in [5.41, 5.74) is 5.66. The second kappa shape index (κ2) is 5.98. The zero-order valence-corrected chi connectivity index (χ0v) is 8.69. The molecule has 5 nitrogen and oxygen atoms in total. The SMILES string of the molecule is CCNC(=O)c1cc(OCCN)ccn1. The first-order valence-electron chi connectivity index (χ1n) is 4.85. The van der Waals surface area contributed by atoms with Crippen LogP contribution >= 0.6 is 0 Å². The molecule has 0 saturated heterocycles. The van der Waals surface area contributed by atoms with E-state index in [2.05, 4.69) is 10.3 Å². The van der Waals surface area contributed by atoms with E-state index in [0.29, 0.717) is 31.1 Å². The molecule has 0 aliphatic carbocycles. The summed E-state index contributed by atoms with van der Waals surface area (Å²) in [7, 11) is 0. The molecule has 0 atom stereocenters. The molecule has 0 spiro atoms. The van der Waals surface area contributed by atoms with E-state index in [1.165, 1.54) is 6.20 Å². The van der Waals surface area contributed by atoms with E-state index >= 15 is 0 Å². The number of ether oxygens (including phenoxy) is 1. The van der Waals surface area contributed by atoms with Crippen LogP contribution in [0.3, 0.4) is 0 Å². The van der Waals surface area contributed by atoms with E-state index in [1.54, 1.807) is 12.1 Å². The Morgan fingerprint density at radius 2 is 2.47 bits per heavy atom. The molecule has 0 saturated carbocycles. The van der Waals surface area contributed by atoms with Crippen LogP contribution in [0.2, 0.25) is 0 Å². The van der Waals surface area contributed by atoms with Gasteiger partial charge < -0.3 is 15.8 Å². The molecule has 0 aromatic carbocycles. The van der Waals surface area contributed by atoms with Gasteiger partial charge in [0.25, 0.3) is 5.91 Å². The predicted octanol–water partition coefficient (Wildman–Crippen LogP) is 0.169. The number of nitrogens with zero attached hydrogens (tertiary/aromatic N) is 1. The van der Waals surface area contributed by atoms with Gasteiger partial charge in [-0.15, -0.1) is 0 Å². The maximum absolute atomic E-state index is 11.4. The summed E-state index contributed by atoms with van der Waals surface area (Å²) >= 11 is 0. The Kier molecular flexibility index (Phi) is 4.56. The maximum atomic E-state index is 11.4. The zero-order valence-electron chi connectivity index (χ0n) is 8.69. The van der Waals surface area contributed by atoms with Crippen LogP contribution in [0.15, 0.2) is 18.3 Å².